The van der Waals surface area contributed by atoms with Gasteiger partial charge in [0.15, 0.2) is 0 Å². The minimum Gasteiger partial charge on any atom is -0.347 e. The lowest BCUT2D eigenvalue weighted by Gasteiger charge is -2.31. The Morgan fingerprint density at radius 1 is 1.19 bits per heavy atom. The number of rotatable bonds is 6. The highest BCUT2D eigenvalue weighted by Crippen LogP contribution is 2.43. The van der Waals surface area contributed by atoms with Crippen LogP contribution < -0.4 is 5.32 Å². The number of nitrogens with zero attached hydrogens (tertiary/aromatic N) is 2. The van der Waals surface area contributed by atoms with Gasteiger partial charge in [0.2, 0.25) is 5.91 Å². The van der Waals surface area contributed by atoms with Crippen molar-refractivity contribution in [2.45, 2.75) is 64.1 Å². The number of halogens is 3. The maximum absolute atomic E-state index is 14.6. The van der Waals surface area contributed by atoms with Crippen LogP contribution in [-0.2, 0) is 4.79 Å². The second-order valence-corrected chi connectivity index (χ2v) is 9.07. The van der Waals surface area contributed by atoms with Crippen molar-refractivity contribution < 1.29 is 18.4 Å². The Labute approximate surface area is 191 Å². The van der Waals surface area contributed by atoms with E-state index in [9.17, 15) is 18.4 Å². The molecule has 2 heterocycles. The zero-order valence-electron chi connectivity index (χ0n) is 18.1. The Hall–Kier alpha value is -2.54. The number of pyridine rings is 1. The normalized spacial score (nSPS) is 21.5. The summed E-state index contributed by atoms with van der Waals surface area (Å²) in [5, 5.41) is 2.63. The molecule has 2 aromatic rings. The lowest BCUT2D eigenvalue weighted by atomic mass is 10.0. The van der Waals surface area contributed by atoms with Gasteiger partial charge in [-0.1, -0.05) is 18.5 Å². The number of hydrogen-bond acceptors (Lipinski definition) is 3. The summed E-state index contributed by atoms with van der Waals surface area (Å²) in [5.41, 5.74) is 1.30. The molecule has 1 aliphatic carbocycles. The summed E-state index contributed by atoms with van der Waals surface area (Å²) in [5.74, 6) is -1.89. The van der Waals surface area contributed by atoms with E-state index in [0.29, 0.717) is 18.4 Å². The fourth-order valence-electron chi connectivity index (χ4n) is 4.58. The predicted octanol–water partition coefficient (Wildman–Crippen LogP) is 4.97. The molecule has 4 rings (SSSR count). The van der Waals surface area contributed by atoms with Gasteiger partial charge in [-0.3, -0.25) is 14.6 Å². The number of aryl methyl sites for hydroxylation is 1. The van der Waals surface area contributed by atoms with Crippen molar-refractivity contribution in [3.05, 3.63) is 63.9 Å². The fraction of sp³-hybridized carbons (Fsp3) is 0.458. The number of carbonyl (C=O) groups excluding carboxylic acids is 2. The molecule has 1 aromatic heterocycles. The van der Waals surface area contributed by atoms with Crippen LogP contribution in [0.25, 0.3) is 0 Å². The molecule has 1 saturated heterocycles. The van der Waals surface area contributed by atoms with Crippen molar-refractivity contribution in [3.8, 4) is 0 Å². The van der Waals surface area contributed by atoms with Crippen LogP contribution in [0.2, 0.25) is 5.02 Å². The molecule has 1 aromatic carbocycles. The van der Waals surface area contributed by atoms with Gasteiger partial charge in [0.1, 0.15) is 17.7 Å². The zero-order chi connectivity index (χ0) is 23.0. The number of benzene rings is 1. The Morgan fingerprint density at radius 2 is 1.94 bits per heavy atom. The predicted molar refractivity (Wildman–Crippen MR) is 117 cm³/mol. The van der Waals surface area contributed by atoms with Crippen LogP contribution >= 0.6 is 11.6 Å². The maximum atomic E-state index is 14.6. The molecule has 0 spiro atoms. The largest absolute Gasteiger partial charge is 0.347 e. The molecule has 170 valence electrons. The molecule has 1 unspecified atom stereocenters. The van der Waals surface area contributed by atoms with Gasteiger partial charge in [0, 0.05) is 29.1 Å². The number of amides is 2. The number of carbonyl (C=O) groups is 2. The van der Waals surface area contributed by atoms with Crippen molar-refractivity contribution in [2.24, 2.45) is 5.92 Å². The smallest absolute Gasteiger partial charge is 0.254 e. The maximum Gasteiger partial charge on any atom is 0.254 e. The van der Waals surface area contributed by atoms with Crippen LogP contribution in [0.4, 0.5) is 8.78 Å². The van der Waals surface area contributed by atoms with E-state index in [1.54, 1.807) is 23.2 Å². The number of hydrogen-bond donors (Lipinski definition) is 1. The number of likely N-dealkylation sites (tertiary alicyclic amines) is 1. The first-order valence-corrected chi connectivity index (χ1v) is 11.4. The van der Waals surface area contributed by atoms with E-state index in [-0.39, 0.29) is 34.4 Å². The molecule has 1 aliphatic heterocycles. The van der Waals surface area contributed by atoms with Crippen molar-refractivity contribution in [2.75, 3.05) is 0 Å². The molecular formula is C24H26ClF2N3O2. The molecule has 0 bridgehead atoms. The Morgan fingerprint density at radius 3 is 2.59 bits per heavy atom. The van der Waals surface area contributed by atoms with Crippen LogP contribution in [0.3, 0.4) is 0 Å². The second-order valence-electron chi connectivity index (χ2n) is 8.67. The van der Waals surface area contributed by atoms with E-state index < -0.39 is 23.7 Å². The molecular weight excluding hydrogens is 436 g/mol. The molecule has 1 saturated carbocycles. The van der Waals surface area contributed by atoms with Crippen LogP contribution in [0.15, 0.2) is 30.5 Å². The van der Waals surface area contributed by atoms with Crippen LogP contribution in [0.1, 0.15) is 66.7 Å². The molecule has 1 N–H and O–H groups in total. The molecule has 32 heavy (non-hydrogen) atoms. The summed E-state index contributed by atoms with van der Waals surface area (Å²) >= 11 is 5.70. The Balaban J connectivity index is 1.59. The van der Waals surface area contributed by atoms with Crippen molar-refractivity contribution >= 4 is 23.4 Å². The van der Waals surface area contributed by atoms with Crippen molar-refractivity contribution in [1.82, 2.24) is 15.2 Å². The van der Waals surface area contributed by atoms with E-state index in [1.165, 1.54) is 0 Å². The van der Waals surface area contributed by atoms with E-state index in [1.807, 2.05) is 13.8 Å². The number of aromatic nitrogens is 1. The highest BCUT2D eigenvalue weighted by molar-refractivity contribution is 6.30. The van der Waals surface area contributed by atoms with Crippen LogP contribution in [0.5, 0.6) is 0 Å². The van der Waals surface area contributed by atoms with E-state index in [4.69, 9.17) is 11.6 Å². The zero-order valence-corrected chi connectivity index (χ0v) is 18.8. The average Bonchev–Trinajstić information content (AvgIpc) is 3.52. The van der Waals surface area contributed by atoms with E-state index in [2.05, 4.69) is 10.3 Å². The molecule has 0 radical (unpaired) electrons. The number of nitrogens with one attached hydrogen (secondary N) is 1. The summed E-state index contributed by atoms with van der Waals surface area (Å²) < 4.78 is 28.7. The van der Waals surface area contributed by atoms with Gasteiger partial charge in [-0.05, 0) is 69.2 Å². The average molecular weight is 462 g/mol. The van der Waals surface area contributed by atoms with Gasteiger partial charge in [-0.2, -0.15) is 0 Å². The molecule has 2 aliphatic rings. The molecule has 5 nitrogen and oxygen atoms in total. The van der Waals surface area contributed by atoms with E-state index >= 15 is 0 Å². The Kier molecular flexibility index (Phi) is 6.47. The lowest BCUT2D eigenvalue weighted by molar-refractivity contribution is -0.126. The SMILES string of the molecule is CC[C@@H]1CC[C@H](C(=O)NC(c2cc(F)c(Cl)cc2F)C2CC2)N1C(=O)c1ccnc(C)c1. The quantitative estimate of drug-likeness (QED) is 0.617. The highest BCUT2D eigenvalue weighted by Gasteiger charge is 2.43. The first-order valence-electron chi connectivity index (χ1n) is 11.0. The molecule has 2 amide bonds. The summed E-state index contributed by atoms with van der Waals surface area (Å²) in [6.45, 7) is 3.80. The second kappa shape index (κ2) is 9.14. The summed E-state index contributed by atoms with van der Waals surface area (Å²) in [6.07, 6.45) is 5.17. The van der Waals surface area contributed by atoms with Crippen LogP contribution in [-0.4, -0.2) is 33.8 Å². The topological polar surface area (TPSA) is 62.3 Å². The third-order valence-corrected chi connectivity index (χ3v) is 6.71. The van der Waals surface area contributed by atoms with Crippen LogP contribution in [0, 0.1) is 24.5 Å². The van der Waals surface area contributed by atoms with Crippen molar-refractivity contribution in [1.29, 1.82) is 0 Å². The third kappa shape index (κ3) is 4.49. The minimum absolute atomic E-state index is 0.0319. The van der Waals surface area contributed by atoms with Gasteiger partial charge in [-0.15, -0.1) is 0 Å². The fourth-order valence-corrected chi connectivity index (χ4v) is 4.73. The summed E-state index contributed by atoms with van der Waals surface area (Å²) in [4.78, 5) is 32.4. The summed E-state index contributed by atoms with van der Waals surface area (Å²) in [7, 11) is 0. The molecule has 8 heteroatoms. The monoisotopic (exact) mass is 461 g/mol. The first-order chi connectivity index (χ1) is 15.3. The summed E-state index contributed by atoms with van der Waals surface area (Å²) in [6, 6.07) is 3.98. The lowest BCUT2D eigenvalue weighted by Crippen LogP contribution is -2.49. The highest BCUT2D eigenvalue weighted by atomic mass is 35.5. The Bertz CT molecular complexity index is 1040. The molecule has 3 atom stereocenters. The van der Waals surface area contributed by atoms with E-state index in [0.717, 1.165) is 37.1 Å². The third-order valence-electron chi connectivity index (χ3n) is 6.42. The molecule has 2 fully saturated rings. The van der Waals surface area contributed by atoms with Gasteiger partial charge in [0.05, 0.1) is 11.1 Å². The van der Waals surface area contributed by atoms with Gasteiger partial charge in [-0.25, -0.2) is 8.78 Å². The van der Waals surface area contributed by atoms with Gasteiger partial charge >= 0.3 is 0 Å². The first kappa shape index (κ1) is 22.6. The minimum atomic E-state index is -0.722. The van der Waals surface area contributed by atoms with Crippen molar-refractivity contribution in [3.63, 3.8) is 0 Å². The van der Waals surface area contributed by atoms with Gasteiger partial charge in [0.25, 0.3) is 5.91 Å². The van der Waals surface area contributed by atoms with Gasteiger partial charge < -0.3 is 10.2 Å². The standard InChI is InChI=1S/C24H26ClF2N3O2/c1-3-16-6-7-21(30(16)24(32)15-8-9-28-13(2)10-15)23(31)29-22(14-4-5-14)17-11-20(27)18(25)12-19(17)26/h8-12,14,16,21-22H,3-7H2,1-2H3,(H,29,31)/t16-,21-,22?/m1/s1.